The van der Waals surface area contributed by atoms with Crippen molar-refractivity contribution in [3.8, 4) is 5.75 Å². The fourth-order valence-electron chi connectivity index (χ4n) is 4.21. The summed E-state index contributed by atoms with van der Waals surface area (Å²) in [5.74, 6) is -0.293. The minimum absolute atomic E-state index is 0.0588. The summed E-state index contributed by atoms with van der Waals surface area (Å²) < 4.78 is 5.66. The third-order valence-corrected chi connectivity index (χ3v) is 6.39. The minimum Gasteiger partial charge on any atom is -0.492 e. The number of amides is 3. The number of nitrogens with one attached hydrogen (secondary N) is 1. The molecule has 9 heteroatoms. The van der Waals surface area contributed by atoms with Gasteiger partial charge < -0.3 is 19.9 Å². The number of aromatic nitrogens is 1. The molecule has 2 saturated heterocycles. The second-order valence-corrected chi connectivity index (χ2v) is 8.65. The van der Waals surface area contributed by atoms with Gasteiger partial charge in [0, 0.05) is 37.6 Å². The molecule has 0 aliphatic carbocycles. The van der Waals surface area contributed by atoms with Crippen molar-refractivity contribution in [2.45, 2.75) is 26.2 Å². The van der Waals surface area contributed by atoms with Crippen LogP contribution in [0.15, 0.2) is 35.8 Å². The molecule has 164 valence electrons. The molecule has 1 aromatic heterocycles. The number of benzene rings is 1. The van der Waals surface area contributed by atoms with Gasteiger partial charge in [-0.15, -0.1) is 11.3 Å². The SMILES string of the molecule is CCOc1ccccc1N1CC(C(=O)N2CCCC(C(=O)Nc3nccs3)C2)CC1=O. The van der Waals surface area contributed by atoms with Crippen molar-refractivity contribution in [1.82, 2.24) is 9.88 Å². The molecule has 0 spiro atoms. The van der Waals surface area contributed by atoms with Crippen molar-refractivity contribution in [3.63, 3.8) is 0 Å². The van der Waals surface area contributed by atoms with E-state index in [1.165, 1.54) is 11.3 Å². The van der Waals surface area contributed by atoms with Crippen LogP contribution in [0.3, 0.4) is 0 Å². The zero-order chi connectivity index (χ0) is 21.8. The van der Waals surface area contributed by atoms with Crippen molar-refractivity contribution in [2.75, 3.05) is 36.5 Å². The Labute approximate surface area is 185 Å². The molecule has 3 amide bonds. The molecule has 2 atom stereocenters. The second-order valence-electron chi connectivity index (χ2n) is 7.76. The molecule has 3 heterocycles. The van der Waals surface area contributed by atoms with E-state index in [0.29, 0.717) is 42.8 Å². The van der Waals surface area contributed by atoms with Crippen LogP contribution in [0.2, 0.25) is 0 Å². The van der Waals surface area contributed by atoms with Crippen LogP contribution in [-0.2, 0) is 14.4 Å². The van der Waals surface area contributed by atoms with Crippen molar-refractivity contribution in [3.05, 3.63) is 35.8 Å². The Kier molecular flexibility index (Phi) is 6.50. The van der Waals surface area contributed by atoms with E-state index in [0.717, 1.165) is 12.8 Å². The lowest BCUT2D eigenvalue weighted by atomic mass is 9.95. The Morgan fingerprint density at radius 2 is 2.10 bits per heavy atom. The maximum Gasteiger partial charge on any atom is 0.231 e. The molecule has 2 aromatic rings. The topological polar surface area (TPSA) is 91.8 Å². The number of thiazole rings is 1. The summed E-state index contributed by atoms with van der Waals surface area (Å²) in [4.78, 5) is 46.0. The highest BCUT2D eigenvalue weighted by Gasteiger charge is 2.39. The Balaban J connectivity index is 1.40. The van der Waals surface area contributed by atoms with Gasteiger partial charge in [0.1, 0.15) is 5.75 Å². The van der Waals surface area contributed by atoms with Gasteiger partial charge in [-0.1, -0.05) is 12.1 Å². The van der Waals surface area contributed by atoms with Gasteiger partial charge in [0.25, 0.3) is 0 Å². The summed E-state index contributed by atoms with van der Waals surface area (Å²) in [7, 11) is 0. The van der Waals surface area contributed by atoms with Crippen LogP contribution in [-0.4, -0.2) is 53.8 Å². The average Bonchev–Trinajstić information content (AvgIpc) is 3.43. The van der Waals surface area contributed by atoms with Crippen molar-refractivity contribution in [1.29, 1.82) is 0 Å². The van der Waals surface area contributed by atoms with E-state index in [2.05, 4.69) is 10.3 Å². The van der Waals surface area contributed by atoms with Gasteiger partial charge >= 0.3 is 0 Å². The van der Waals surface area contributed by atoms with E-state index in [1.807, 2.05) is 31.2 Å². The summed E-state index contributed by atoms with van der Waals surface area (Å²) in [6.45, 7) is 3.70. The van der Waals surface area contributed by atoms with Crippen LogP contribution in [0.5, 0.6) is 5.75 Å². The molecule has 31 heavy (non-hydrogen) atoms. The molecule has 1 N–H and O–H groups in total. The Morgan fingerprint density at radius 3 is 2.87 bits per heavy atom. The first-order valence-electron chi connectivity index (χ1n) is 10.6. The molecular formula is C22H26N4O4S. The second kappa shape index (κ2) is 9.47. The highest BCUT2D eigenvalue weighted by Crippen LogP contribution is 2.34. The summed E-state index contributed by atoms with van der Waals surface area (Å²) >= 11 is 1.37. The minimum atomic E-state index is -0.414. The molecule has 0 bridgehead atoms. The third kappa shape index (κ3) is 4.71. The number of likely N-dealkylation sites (tertiary alicyclic amines) is 1. The lowest BCUT2D eigenvalue weighted by Gasteiger charge is -2.33. The molecule has 2 fully saturated rings. The monoisotopic (exact) mass is 442 g/mol. The fourth-order valence-corrected chi connectivity index (χ4v) is 4.74. The first-order chi connectivity index (χ1) is 15.1. The van der Waals surface area contributed by atoms with Gasteiger partial charge in [0.05, 0.1) is 24.1 Å². The smallest absolute Gasteiger partial charge is 0.231 e. The number of piperidine rings is 1. The number of hydrogen-bond acceptors (Lipinski definition) is 6. The predicted octanol–water partition coefficient (Wildman–Crippen LogP) is 2.77. The van der Waals surface area contributed by atoms with E-state index in [-0.39, 0.29) is 30.1 Å². The van der Waals surface area contributed by atoms with Crippen LogP contribution >= 0.6 is 11.3 Å². The molecule has 0 radical (unpaired) electrons. The van der Waals surface area contributed by atoms with Gasteiger partial charge in [0.2, 0.25) is 17.7 Å². The molecule has 2 aliphatic rings. The Hall–Kier alpha value is -2.94. The number of carbonyl (C=O) groups is 3. The van der Waals surface area contributed by atoms with Crippen molar-refractivity contribution < 1.29 is 19.1 Å². The van der Waals surface area contributed by atoms with E-state index in [4.69, 9.17) is 4.74 Å². The molecular weight excluding hydrogens is 416 g/mol. The van der Waals surface area contributed by atoms with Crippen LogP contribution in [0.25, 0.3) is 0 Å². The van der Waals surface area contributed by atoms with Gasteiger partial charge in [-0.2, -0.15) is 0 Å². The first-order valence-corrected chi connectivity index (χ1v) is 11.5. The maximum absolute atomic E-state index is 13.2. The van der Waals surface area contributed by atoms with E-state index in [1.54, 1.807) is 21.4 Å². The fraction of sp³-hybridized carbons (Fsp3) is 0.455. The van der Waals surface area contributed by atoms with Crippen LogP contribution in [0, 0.1) is 11.8 Å². The number of para-hydroxylation sites is 2. The quantitative estimate of drug-likeness (QED) is 0.743. The number of hydrogen-bond donors (Lipinski definition) is 1. The van der Waals surface area contributed by atoms with Gasteiger partial charge in [-0.3, -0.25) is 14.4 Å². The predicted molar refractivity (Wildman–Crippen MR) is 118 cm³/mol. The number of nitrogens with zero attached hydrogens (tertiary/aromatic N) is 3. The van der Waals surface area contributed by atoms with E-state index in [9.17, 15) is 14.4 Å². The van der Waals surface area contributed by atoms with Gasteiger partial charge in [-0.25, -0.2) is 4.98 Å². The number of carbonyl (C=O) groups excluding carboxylic acids is 3. The molecule has 0 saturated carbocycles. The zero-order valence-corrected chi connectivity index (χ0v) is 18.3. The maximum atomic E-state index is 13.2. The molecule has 4 rings (SSSR count). The number of anilines is 2. The average molecular weight is 443 g/mol. The summed E-state index contributed by atoms with van der Waals surface area (Å²) in [6.07, 6.45) is 3.31. The number of rotatable bonds is 6. The largest absolute Gasteiger partial charge is 0.492 e. The van der Waals surface area contributed by atoms with E-state index < -0.39 is 5.92 Å². The molecule has 1 aromatic carbocycles. The number of ether oxygens (including phenoxy) is 1. The highest BCUT2D eigenvalue weighted by molar-refractivity contribution is 7.13. The Bertz CT molecular complexity index is 949. The van der Waals surface area contributed by atoms with Crippen molar-refractivity contribution in [2.24, 2.45) is 11.8 Å². The molecule has 2 aliphatic heterocycles. The van der Waals surface area contributed by atoms with Gasteiger partial charge in [0.15, 0.2) is 5.13 Å². The summed E-state index contributed by atoms with van der Waals surface area (Å²) in [5.41, 5.74) is 0.698. The zero-order valence-electron chi connectivity index (χ0n) is 17.5. The Morgan fingerprint density at radius 1 is 1.26 bits per heavy atom. The van der Waals surface area contributed by atoms with Crippen LogP contribution in [0.1, 0.15) is 26.2 Å². The molecule has 8 nitrogen and oxygen atoms in total. The van der Waals surface area contributed by atoms with Gasteiger partial charge in [-0.05, 0) is 31.9 Å². The lowest BCUT2D eigenvalue weighted by Crippen LogP contribution is -2.46. The standard InChI is InChI=1S/C22H26N4O4S/c1-2-30-18-8-4-3-7-17(18)26-14-16(12-19(26)27)21(29)25-10-5-6-15(13-25)20(28)24-22-23-9-11-31-22/h3-4,7-9,11,15-16H,2,5-6,10,12-14H2,1H3,(H,23,24,28). The van der Waals surface area contributed by atoms with Crippen LogP contribution in [0.4, 0.5) is 10.8 Å². The summed E-state index contributed by atoms with van der Waals surface area (Å²) in [6, 6.07) is 7.39. The van der Waals surface area contributed by atoms with Crippen LogP contribution < -0.4 is 15.0 Å². The lowest BCUT2D eigenvalue weighted by molar-refractivity contribution is -0.138. The third-order valence-electron chi connectivity index (χ3n) is 5.70. The highest BCUT2D eigenvalue weighted by atomic mass is 32.1. The normalized spacial score (nSPS) is 21.3. The van der Waals surface area contributed by atoms with Crippen molar-refractivity contribution >= 4 is 39.9 Å². The first kappa shape index (κ1) is 21.3. The molecule has 2 unspecified atom stereocenters. The van der Waals surface area contributed by atoms with E-state index >= 15 is 0 Å². The summed E-state index contributed by atoms with van der Waals surface area (Å²) in [5, 5.41) is 5.20.